The van der Waals surface area contributed by atoms with E-state index in [2.05, 4.69) is 62.1 Å². The number of phenols is 1. The molecule has 2 aromatic carbocycles. The van der Waals surface area contributed by atoms with Crippen LogP contribution in [0.15, 0.2) is 59.6 Å². The van der Waals surface area contributed by atoms with Gasteiger partial charge in [-0.1, -0.05) is 30.0 Å². The fraction of sp³-hybridized carbons (Fsp3) is 0.233. The summed E-state index contributed by atoms with van der Waals surface area (Å²) < 4.78 is 12.2. The van der Waals surface area contributed by atoms with Crippen LogP contribution < -0.4 is 14.8 Å². The molecule has 6 nitrogen and oxygen atoms in total. The molecule has 0 radical (unpaired) electrons. The molecule has 0 atom stereocenters. The number of rotatable bonds is 6. The van der Waals surface area contributed by atoms with Gasteiger partial charge in [-0.15, -0.1) is 11.3 Å². The van der Waals surface area contributed by atoms with E-state index in [1.54, 1.807) is 36.7 Å². The summed E-state index contributed by atoms with van der Waals surface area (Å²) in [6.07, 6.45) is 5.95. The third-order valence-electron chi connectivity index (χ3n) is 6.41. The van der Waals surface area contributed by atoms with Crippen molar-refractivity contribution in [2.75, 3.05) is 19.0 Å². The Labute approximate surface area is 221 Å². The molecule has 1 aromatic heterocycles. The van der Waals surface area contributed by atoms with Gasteiger partial charge in [0.1, 0.15) is 18.1 Å². The first-order valence-corrected chi connectivity index (χ1v) is 12.9. The minimum absolute atomic E-state index is 0.0689. The van der Waals surface area contributed by atoms with Crippen molar-refractivity contribution in [2.24, 2.45) is 5.16 Å². The van der Waals surface area contributed by atoms with Gasteiger partial charge in [-0.25, -0.2) is 0 Å². The number of nitrogens with one attached hydrogen (secondary N) is 1. The summed E-state index contributed by atoms with van der Waals surface area (Å²) in [5.41, 5.74) is 7.42. The molecule has 2 aliphatic rings. The monoisotopic (exact) mass is 514 g/mol. The highest BCUT2D eigenvalue weighted by atomic mass is 32.1. The van der Waals surface area contributed by atoms with Crippen molar-refractivity contribution in [2.45, 2.75) is 33.2 Å². The fourth-order valence-corrected chi connectivity index (χ4v) is 5.90. The molecule has 0 aliphatic carbocycles. The van der Waals surface area contributed by atoms with Crippen LogP contribution in [0.3, 0.4) is 0 Å². The molecule has 3 heterocycles. The zero-order chi connectivity index (χ0) is 26.3. The van der Waals surface area contributed by atoms with Gasteiger partial charge in [-0.05, 0) is 69.0 Å². The van der Waals surface area contributed by atoms with E-state index in [1.807, 2.05) is 18.4 Å². The van der Waals surface area contributed by atoms with Crippen molar-refractivity contribution in [3.63, 3.8) is 0 Å². The molecule has 0 amide bonds. The van der Waals surface area contributed by atoms with Gasteiger partial charge in [-0.3, -0.25) is 0 Å². The van der Waals surface area contributed by atoms with Crippen LogP contribution in [0.4, 0.5) is 5.69 Å². The van der Waals surface area contributed by atoms with Crippen molar-refractivity contribution in [1.29, 1.82) is 0 Å². The lowest BCUT2D eigenvalue weighted by atomic mass is 9.83. The number of thiophene rings is 1. The summed E-state index contributed by atoms with van der Waals surface area (Å²) in [7, 11) is 1.56. The minimum Gasteiger partial charge on any atom is -0.504 e. The quantitative estimate of drug-likeness (QED) is 0.154. The third kappa shape index (κ3) is 4.40. The Hall–Kier alpha value is -3.97. The zero-order valence-corrected chi connectivity index (χ0v) is 22.5. The summed E-state index contributed by atoms with van der Waals surface area (Å²) in [4.78, 5) is 6.33. The molecule has 0 saturated heterocycles. The maximum absolute atomic E-state index is 10.6. The average Bonchev–Trinajstić information content (AvgIpc) is 3.31. The van der Waals surface area contributed by atoms with Crippen LogP contribution in [0, 0.1) is 0 Å². The van der Waals surface area contributed by atoms with Crippen LogP contribution in [0.1, 0.15) is 49.3 Å². The summed E-state index contributed by atoms with van der Waals surface area (Å²) in [5, 5.41) is 20.5. The molecule has 5 rings (SSSR count). The van der Waals surface area contributed by atoms with E-state index in [9.17, 15) is 5.11 Å². The van der Waals surface area contributed by atoms with Gasteiger partial charge in [0.25, 0.3) is 0 Å². The number of fused-ring (bicyclic) bond motifs is 5. The Morgan fingerprint density at radius 1 is 1.19 bits per heavy atom. The first-order valence-electron chi connectivity index (χ1n) is 12.0. The maximum atomic E-state index is 10.6. The Bertz CT molecular complexity index is 1490. The maximum Gasteiger partial charge on any atom is 0.172 e. The lowest BCUT2D eigenvalue weighted by Crippen LogP contribution is -2.32. The van der Waals surface area contributed by atoms with Crippen LogP contribution in [0.5, 0.6) is 17.2 Å². The van der Waals surface area contributed by atoms with Crippen LogP contribution >= 0.6 is 11.3 Å². The summed E-state index contributed by atoms with van der Waals surface area (Å²) in [5.74, 6) is 1.80. The van der Waals surface area contributed by atoms with E-state index < -0.39 is 0 Å². The molecule has 2 aliphatic heterocycles. The molecule has 3 aromatic rings. The predicted molar refractivity (Wildman–Crippen MR) is 153 cm³/mol. The lowest BCUT2D eigenvalue weighted by molar-refractivity contribution is 0.175. The number of phenolic OH excluding ortho intramolecular Hbond substituents is 1. The van der Waals surface area contributed by atoms with Gasteiger partial charge in [0.2, 0.25) is 0 Å². The minimum atomic E-state index is -0.182. The van der Waals surface area contributed by atoms with E-state index in [0.717, 1.165) is 49.7 Å². The Balaban J connectivity index is 1.75. The average molecular weight is 515 g/mol. The third-order valence-corrected chi connectivity index (χ3v) is 7.28. The van der Waals surface area contributed by atoms with E-state index in [4.69, 9.17) is 14.3 Å². The Morgan fingerprint density at radius 3 is 2.76 bits per heavy atom. The van der Waals surface area contributed by atoms with Crippen LogP contribution in [0.2, 0.25) is 0 Å². The van der Waals surface area contributed by atoms with Crippen LogP contribution in [-0.2, 0) is 4.84 Å². The van der Waals surface area contributed by atoms with E-state index >= 15 is 0 Å². The SMILES string of the molecule is C=CCON=C(C)c1ccsc1C=C1Oc2ccc(O)c(OC)c2-c2ccc3c(c21)C(C)=CC(C)(C)N3. The molecule has 0 saturated carbocycles. The number of nitrogens with zero attached hydrogens (tertiary/aromatic N) is 1. The number of aromatic hydroxyl groups is 1. The predicted octanol–water partition coefficient (Wildman–Crippen LogP) is 7.55. The molecule has 0 bridgehead atoms. The zero-order valence-electron chi connectivity index (χ0n) is 21.6. The number of oxime groups is 1. The highest BCUT2D eigenvalue weighted by Gasteiger charge is 2.33. The molecule has 2 N–H and O–H groups in total. The number of allylic oxidation sites excluding steroid dienone is 1. The molecule has 37 heavy (non-hydrogen) atoms. The molecule has 0 unspecified atom stereocenters. The Morgan fingerprint density at radius 2 is 2.00 bits per heavy atom. The molecular formula is C30H30N2O4S. The molecule has 0 fully saturated rings. The van der Waals surface area contributed by atoms with Crippen LogP contribution in [0.25, 0.3) is 28.5 Å². The summed E-state index contributed by atoms with van der Waals surface area (Å²) >= 11 is 1.61. The van der Waals surface area contributed by atoms with E-state index in [-0.39, 0.29) is 11.3 Å². The van der Waals surface area contributed by atoms with Crippen LogP contribution in [-0.4, -0.2) is 30.1 Å². The van der Waals surface area contributed by atoms with Gasteiger partial charge in [0, 0.05) is 32.8 Å². The first-order chi connectivity index (χ1) is 17.7. The number of hydrogen-bond donors (Lipinski definition) is 2. The second-order valence-electron chi connectivity index (χ2n) is 9.65. The van der Waals surface area contributed by atoms with Crippen molar-refractivity contribution in [1.82, 2.24) is 0 Å². The van der Waals surface area contributed by atoms with Gasteiger partial charge < -0.3 is 24.7 Å². The number of methoxy groups -OCH3 is 1. The smallest absolute Gasteiger partial charge is 0.172 e. The number of hydrogen-bond acceptors (Lipinski definition) is 7. The van der Waals surface area contributed by atoms with Gasteiger partial charge >= 0.3 is 0 Å². The summed E-state index contributed by atoms with van der Waals surface area (Å²) in [6.45, 7) is 12.4. The Kier molecular flexibility index (Phi) is 6.33. The van der Waals surface area contributed by atoms with Crippen molar-refractivity contribution in [3.05, 3.63) is 76.0 Å². The van der Waals surface area contributed by atoms with E-state index in [1.165, 1.54) is 0 Å². The van der Waals surface area contributed by atoms with Gasteiger partial charge in [0.05, 0.1) is 23.9 Å². The number of ether oxygens (including phenoxy) is 2. The summed E-state index contributed by atoms with van der Waals surface area (Å²) in [6, 6.07) is 9.56. The second-order valence-corrected chi connectivity index (χ2v) is 10.6. The highest BCUT2D eigenvalue weighted by Crippen LogP contribution is 2.54. The fourth-order valence-electron chi connectivity index (χ4n) is 5.04. The van der Waals surface area contributed by atoms with E-state index in [0.29, 0.717) is 23.9 Å². The van der Waals surface area contributed by atoms with Gasteiger partial charge in [0.15, 0.2) is 11.5 Å². The first kappa shape index (κ1) is 24.7. The van der Waals surface area contributed by atoms with Crippen molar-refractivity contribution < 1.29 is 19.4 Å². The van der Waals surface area contributed by atoms with Crippen molar-refractivity contribution in [3.8, 4) is 28.4 Å². The number of benzene rings is 2. The largest absolute Gasteiger partial charge is 0.504 e. The normalized spacial score (nSPS) is 16.5. The number of anilines is 1. The highest BCUT2D eigenvalue weighted by molar-refractivity contribution is 7.11. The standard InChI is InChI=1S/C30H30N2O4S/c1-7-13-35-32-18(3)19-12-14-37-25(19)15-24-27-20(28-23(36-24)11-10-22(33)29(28)34-6)8-9-21-26(27)17(2)16-30(4,5)31-21/h7-12,14-16,31,33H,1,13H2,2-6H3. The molecule has 7 heteroatoms. The lowest BCUT2D eigenvalue weighted by Gasteiger charge is -2.35. The van der Waals surface area contributed by atoms with Gasteiger partial charge in [-0.2, -0.15) is 0 Å². The molecular weight excluding hydrogens is 484 g/mol. The molecule has 0 spiro atoms. The topological polar surface area (TPSA) is 72.3 Å². The van der Waals surface area contributed by atoms with Crippen molar-refractivity contribution >= 4 is 40.1 Å². The second kappa shape index (κ2) is 9.48. The molecule has 190 valence electrons.